The van der Waals surface area contributed by atoms with Crippen LogP contribution in [0.5, 0.6) is 0 Å². The summed E-state index contributed by atoms with van der Waals surface area (Å²) < 4.78 is 0. The van der Waals surface area contributed by atoms with Crippen molar-refractivity contribution in [3.63, 3.8) is 0 Å². The van der Waals surface area contributed by atoms with Crippen molar-refractivity contribution >= 4 is 23.2 Å². The van der Waals surface area contributed by atoms with Crippen LogP contribution in [0.15, 0.2) is 18.2 Å². The second-order valence-electron chi connectivity index (χ2n) is 6.22. The molecule has 1 aromatic rings. The Hall–Kier alpha value is -0.280. The SMILES string of the molecule is CCNC(c1cc(Cl)ccc1Cl)C1(N(C)C)CCCCC1. The van der Waals surface area contributed by atoms with Crippen LogP contribution < -0.4 is 5.32 Å². The maximum absolute atomic E-state index is 6.50. The van der Waals surface area contributed by atoms with Gasteiger partial charge in [0.1, 0.15) is 0 Å². The van der Waals surface area contributed by atoms with Crippen molar-refractivity contribution in [2.45, 2.75) is 50.6 Å². The first kappa shape index (κ1) is 17.1. The predicted octanol–water partition coefficient (Wildman–Crippen LogP) is 4.91. The number of halogens is 2. The lowest BCUT2D eigenvalue weighted by Crippen LogP contribution is -2.55. The van der Waals surface area contributed by atoms with Gasteiger partial charge >= 0.3 is 0 Å². The van der Waals surface area contributed by atoms with Gasteiger partial charge in [-0.25, -0.2) is 0 Å². The fourth-order valence-electron chi connectivity index (χ4n) is 3.69. The molecule has 2 rings (SSSR count). The number of hydrogen-bond donors (Lipinski definition) is 1. The highest BCUT2D eigenvalue weighted by molar-refractivity contribution is 6.33. The van der Waals surface area contributed by atoms with Gasteiger partial charge in [-0.2, -0.15) is 0 Å². The third-order valence-corrected chi connectivity index (χ3v) is 5.40. The lowest BCUT2D eigenvalue weighted by molar-refractivity contribution is 0.0571. The molecule has 0 bridgehead atoms. The van der Waals surface area contributed by atoms with Gasteiger partial charge in [-0.3, -0.25) is 0 Å². The molecule has 1 aromatic carbocycles. The second-order valence-corrected chi connectivity index (χ2v) is 7.06. The second kappa shape index (κ2) is 7.32. The molecule has 0 spiro atoms. The highest BCUT2D eigenvalue weighted by atomic mass is 35.5. The lowest BCUT2D eigenvalue weighted by Gasteiger charge is -2.49. The largest absolute Gasteiger partial charge is 0.309 e. The van der Waals surface area contributed by atoms with Crippen LogP contribution in [0.2, 0.25) is 10.0 Å². The summed E-state index contributed by atoms with van der Waals surface area (Å²) in [6, 6.07) is 6.01. The molecule has 0 heterocycles. The van der Waals surface area contributed by atoms with Gasteiger partial charge in [-0.1, -0.05) is 49.4 Å². The van der Waals surface area contributed by atoms with Crippen LogP contribution in [0.3, 0.4) is 0 Å². The van der Waals surface area contributed by atoms with Crippen molar-refractivity contribution in [2.75, 3.05) is 20.6 Å². The third kappa shape index (κ3) is 3.56. The van der Waals surface area contributed by atoms with Gasteiger partial charge in [0.2, 0.25) is 0 Å². The van der Waals surface area contributed by atoms with E-state index in [1.807, 2.05) is 18.2 Å². The molecule has 118 valence electrons. The van der Waals surface area contributed by atoms with Crippen molar-refractivity contribution in [2.24, 2.45) is 0 Å². The molecule has 1 unspecified atom stereocenters. The number of benzene rings is 1. The molecule has 1 N–H and O–H groups in total. The van der Waals surface area contributed by atoms with Crippen molar-refractivity contribution in [1.29, 1.82) is 0 Å². The summed E-state index contributed by atoms with van der Waals surface area (Å²) in [5.41, 5.74) is 1.24. The fraction of sp³-hybridized carbons (Fsp3) is 0.647. The number of rotatable bonds is 5. The molecule has 0 amide bonds. The fourth-order valence-corrected chi connectivity index (χ4v) is 4.09. The Morgan fingerprint density at radius 1 is 1.19 bits per heavy atom. The maximum atomic E-state index is 6.50. The van der Waals surface area contributed by atoms with Crippen LogP contribution in [-0.4, -0.2) is 31.1 Å². The van der Waals surface area contributed by atoms with Gasteiger partial charge in [0.15, 0.2) is 0 Å². The molecule has 4 heteroatoms. The van der Waals surface area contributed by atoms with E-state index in [2.05, 4.69) is 31.2 Å². The van der Waals surface area contributed by atoms with Crippen molar-refractivity contribution < 1.29 is 0 Å². The number of nitrogens with zero attached hydrogens (tertiary/aromatic N) is 1. The summed E-state index contributed by atoms with van der Waals surface area (Å²) in [5.74, 6) is 0. The topological polar surface area (TPSA) is 15.3 Å². The number of likely N-dealkylation sites (N-methyl/N-ethyl adjacent to an activating group) is 2. The molecule has 0 aliphatic heterocycles. The monoisotopic (exact) mass is 328 g/mol. The summed E-state index contributed by atoms with van der Waals surface area (Å²) in [5, 5.41) is 5.23. The summed E-state index contributed by atoms with van der Waals surface area (Å²) >= 11 is 12.7. The van der Waals surface area contributed by atoms with Crippen LogP contribution in [0.1, 0.15) is 50.6 Å². The smallest absolute Gasteiger partial charge is 0.0522 e. The molecule has 0 radical (unpaired) electrons. The van der Waals surface area contributed by atoms with Crippen LogP contribution in [0.4, 0.5) is 0 Å². The first-order valence-corrected chi connectivity index (χ1v) is 8.62. The highest BCUT2D eigenvalue weighted by Crippen LogP contribution is 2.44. The highest BCUT2D eigenvalue weighted by Gasteiger charge is 2.42. The molecule has 1 fully saturated rings. The molecule has 1 atom stereocenters. The van der Waals surface area contributed by atoms with Gasteiger partial charge in [0, 0.05) is 15.6 Å². The summed E-state index contributed by atoms with van der Waals surface area (Å²) in [6.07, 6.45) is 6.27. The molecule has 1 aliphatic rings. The number of hydrogen-bond acceptors (Lipinski definition) is 2. The van der Waals surface area contributed by atoms with E-state index >= 15 is 0 Å². The van der Waals surface area contributed by atoms with Gasteiger partial charge in [-0.05, 0) is 57.2 Å². The number of nitrogens with one attached hydrogen (secondary N) is 1. The maximum Gasteiger partial charge on any atom is 0.0522 e. The third-order valence-electron chi connectivity index (χ3n) is 4.82. The van der Waals surface area contributed by atoms with Crippen LogP contribution in [-0.2, 0) is 0 Å². The van der Waals surface area contributed by atoms with Crippen LogP contribution in [0.25, 0.3) is 0 Å². The molecular formula is C17H26Cl2N2. The Morgan fingerprint density at radius 2 is 1.86 bits per heavy atom. The van der Waals surface area contributed by atoms with E-state index in [4.69, 9.17) is 23.2 Å². The van der Waals surface area contributed by atoms with E-state index in [0.717, 1.165) is 22.2 Å². The van der Waals surface area contributed by atoms with Gasteiger partial charge in [0.25, 0.3) is 0 Å². The van der Waals surface area contributed by atoms with Crippen molar-refractivity contribution in [1.82, 2.24) is 10.2 Å². The first-order chi connectivity index (χ1) is 10.0. The average Bonchev–Trinajstić information content (AvgIpc) is 2.48. The molecular weight excluding hydrogens is 303 g/mol. The summed E-state index contributed by atoms with van der Waals surface area (Å²) in [6.45, 7) is 3.07. The standard InChI is InChI=1S/C17H26Cl2N2/c1-4-20-16(14-12-13(18)8-9-15(14)19)17(21(2)3)10-6-5-7-11-17/h8-9,12,16,20H,4-7,10-11H2,1-3H3. The first-order valence-electron chi connectivity index (χ1n) is 7.87. The zero-order chi connectivity index (χ0) is 15.5. The minimum Gasteiger partial charge on any atom is -0.309 e. The Labute approximate surface area is 138 Å². The van der Waals surface area contributed by atoms with Crippen LogP contribution >= 0.6 is 23.2 Å². The molecule has 21 heavy (non-hydrogen) atoms. The van der Waals surface area contributed by atoms with E-state index in [-0.39, 0.29) is 11.6 Å². The van der Waals surface area contributed by atoms with Gasteiger partial charge < -0.3 is 10.2 Å². The minimum absolute atomic E-state index is 0.114. The van der Waals surface area contributed by atoms with Gasteiger partial charge in [0.05, 0.1) is 6.04 Å². The molecule has 0 saturated heterocycles. The minimum atomic E-state index is 0.114. The van der Waals surface area contributed by atoms with E-state index < -0.39 is 0 Å². The predicted molar refractivity (Wildman–Crippen MR) is 92.4 cm³/mol. The Bertz CT molecular complexity index is 468. The van der Waals surface area contributed by atoms with Gasteiger partial charge in [-0.15, -0.1) is 0 Å². The van der Waals surface area contributed by atoms with E-state index in [9.17, 15) is 0 Å². The molecule has 1 aliphatic carbocycles. The molecule has 0 aromatic heterocycles. The van der Waals surface area contributed by atoms with Crippen molar-refractivity contribution in [3.05, 3.63) is 33.8 Å². The summed E-state index contributed by atoms with van der Waals surface area (Å²) in [7, 11) is 4.38. The Kier molecular flexibility index (Phi) is 5.96. The molecule has 2 nitrogen and oxygen atoms in total. The zero-order valence-electron chi connectivity index (χ0n) is 13.3. The lowest BCUT2D eigenvalue weighted by atomic mass is 9.73. The van der Waals surface area contributed by atoms with Crippen molar-refractivity contribution in [3.8, 4) is 0 Å². The average molecular weight is 329 g/mol. The van der Waals surface area contributed by atoms with E-state index in [1.54, 1.807) is 0 Å². The summed E-state index contributed by atoms with van der Waals surface area (Å²) in [4.78, 5) is 2.39. The Balaban J connectivity index is 2.47. The van der Waals surface area contributed by atoms with Crippen LogP contribution in [0, 0.1) is 0 Å². The zero-order valence-corrected chi connectivity index (χ0v) is 14.8. The quantitative estimate of drug-likeness (QED) is 0.826. The van der Waals surface area contributed by atoms with E-state index in [0.29, 0.717) is 0 Å². The normalized spacial score (nSPS) is 19.7. The molecule has 1 saturated carbocycles. The van der Waals surface area contributed by atoms with E-state index in [1.165, 1.54) is 32.1 Å². The Morgan fingerprint density at radius 3 is 2.43 bits per heavy atom.